The van der Waals surface area contributed by atoms with Crippen LogP contribution in [0.3, 0.4) is 0 Å². The molecule has 2 heterocycles. The number of hydrogen-bond acceptors (Lipinski definition) is 2. The summed E-state index contributed by atoms with van der Waals surface area (Å²) in [5.74, 6) is -0.452. The highest BCUT2D eigenvalue weighted by molar-refractivity contribution is 6.33. The van der Waals surface area contributed by atoms with Crippen molar-refractivity contribution in [2.45, 2.75) is 45.7 Å². The zero-order valence-corrected chi connectivity index (χ0v) is 14.3. The molecule has 0 saturated carbocycles. The molecular weight excluding hydrogens is 343 g/mol. The van der Waals surface area contributed by atoms with Gasteiger partial charge in [0.15, 0.2) is 5.65 Å². The Bertz CT molecular complexity index is 740. The lowest BCUT2D eigenvalue weighted by molar-refractivity contribution is -0.137. The van der Waals surface area contributed by atoms with Crippen LogP contribution in [-0.2, 0) is 6.18 Å². The molecule has 0 aliphatic heterocycles. The van der Waals surface area contributed by atoms with Crippen LogP contribution in [-0.4, -0.2) is 21.8 Å². The number of nitrogens with one attached hydrogen (secondary N) is 1. The van der Waals surface area contributed by atoms with E-state index in [1.807, 2.05) is 0 Å². The molecule has 24 heavy (non-hydrogen) atoms. The Hall–Kier alpha value is -1.76. The summed E-state index contributed by atoms with van der Waals surface area (Å²) in [5, 5.41) is 2.59. The first-order chi connectivity index (χ1) is 11.3. The highest BCUT2D eigenvalue weighted by Gasteiger charge is 2.32. The maximum absolute atomic E-state index is 13.0. The van der Waals surface area contributed by atoms with Crippen LogP contribution in [0.5, 0.6) is 0 Å². The van der Waals surface area contributed by atoms with Crippen LogP contribution in [0.4, 0.5) is 13.2 Å². The number of carbonyl (C=O) groups is 1. The van der Waals surface area contributed by atoms with Gasteiger partial charge in [-0.25, -0.2) is 4.98 Å². The summed E-state index contributed by atoms with van der Waals surface area (Å²) in [5.41, 5.74) is -0.372. The van der Waals surface area contributed by atoms with E-state index in [1.54, 1.807) is 6.92 Å². The van der Waals surface area contributed by atoms with Crippen LogP contribution in [0.1, 0.15) is 54.4 Å². The van der Waals surface area contributed by atoms with E-state index in [1.165, 1.54) is 0 Å². The van der Waals surface area contributed by atoms with Crippen LogP contribution >= 0.6 is 11.6 Å². The predicted molar refractivity (Wildman–Crippen MR) is 86.4 cm³/mol. The van der Waals surface area contributed by atoms with Crippen molar-refractivity contribution in [1.82, 2.24) is 14.7 Å². The molecule has 0 aromatic carbocycles. The summed E-state index contributed by atoms with van der Waals surface area (Å²) in [6, 6.07) is 0.815. The number of unbranched alkanes of at least 4 members (excludes halogenated alkanes) is 3. The van der Waals surface area contributed by atoms with Crippen molar-refractivity contribution >= 4 is 23.2 Å². The Balaban J connectivity index is 2.30. The third kappa shape index (κ3) is 4.01. The lowest BCUT2D eigenvalue weighted by atomic mass is 10.2. The third-order valence-corrected chi connectivity index (χ3v) is 3.99. The van der Waals surface area contributed by atoms with Gasteiger partial charge in [-0.15, -0.1) is 0 Å². The highest BCUT2D eigenvalue weighted by atomic mass is 35.5. The number of halogens is 4. The fraction of sp³-hybridized carbons (Fsp3) is 0.500. The van der Waals surface area contributed by atoms with Crippen LogP contribution in [0.2, 0.25) is 5.02 Å². The van der Waals surface area contributed by atoms with Crippen molar-refractivity contribution < 1.29 is 18.0 Å². The Morgan fingerprint density at radius 3 is 2.67 bits per heavy atom. The summed E-state index contributed by atoms with van der Waals surface area (Å²) in [6.07, 6.45) is 0.280. The zero-order valence-electron chi connectivity index (χ0n) is 13.5. The molecule has 0 saturated heterocycles. The molecule has 8 heteroatoms. The predicted octanol–water partition coefficient (Wildman–Crippen LogP) is 4.63. The molecule has 2 aromatic heterocycles. The molecule has 0 radical (unpaired) electrons. The Labute approximate surface area is 143 Å². The first kappa shape index (κ1) is 18.6. The second-order valence-corrected chi connectivity index (χ2v) is 6.04. The number of fused-ring (bicyclic) bond motifs is 1. The SMILES string of the molecule is CCCCCCNC(=O)c1c(C)nc2c(Cl)cc(C(F)(F)F)cn12. The van der Waals surface area contributed by atoms with E-state index >= 15 is 0 Å². The molecule has 0 spiro atoms. The fourth-order valence-electron chi connectivity index (χ4n) is 2.48. The Morgan fingerprint density at radius 2 is 2.04 bits per heavy atom. The van der Waals surface area contributed by atoms with Gasteiger partial charge in [0.1, 0.15) is 5.69 Å². The minimum atomic E-state index is -4.55. The van der Waals surface area contributed by atoms with E-state index in [-0.39, 0.29) is 16.4 Å². The Kier molecular flexibility index (Phi) is 5.74. The molecule has 4 nitrogen and oxygen atoms in total. The first-order valence-corrected chi connectivity index (χ1v) is 8.17. The first-order valence-electron chi connectivity index (χ1n) is 7.79. The fourth-order valence-corrected chi connectivity index (χ4v) is 2.73. The molecule has 0 unspecified atom stereocenters. The quantitative estimate of drug-likeness (QED) is 0.763. The van der Waals surface area contributed by atoms with Gasteiger partial charge < -0.3 is 5.32 Å². The van der Waals surface area contributed by atoms with Crippen molar-refractivity contribution in [3.63, 3.8) is 0 Å². The topological polar surface area (TPSA) is 46.4 Å². The number of imidazole rings is 1. The number of alkyl halides is 3. The van der Waals surface area contributed by atoms with Crippen LogP contribution in [0, 0.1) is 6.92 Å². The molecule has 0 bridgehead atoms. The van der Waals surface area contributed by atoms with Crippen molar-refractivity contribution in [1.29, 1.82) is 0 Å². The summed E-state index contributed by atoms with van der Waals surface area (Å²) in [4.78, 5) is 16.5. The lowest BCUT2D eigenvalue weighted by Gasteiger charge is -2.10. The summed E-state index contributed by atoms with van der Waals surface area (Å²) < 4.78 is 40.0. The third-order valence-electron chi connectivity index (χ3n) is 3.71. The lowest BCUT2D eigenvalue weighted by Crippen LogP contribution is -2.26. The molecule has 0 aliphatic rings. The van der Waals surface area contributed by atoms with E-state index < -0.39 is 17.6 Å². The molecular formula is C16H19ClF3N3O. The maximum Gasteiger partial charge on any atom is 0.417 e. The van der Waals surface area contributed by atoms with E-state index in [9.17, 15) is 18.0 Å². The van der Waals surface area contributed by atoms with Gasteiger partial charge in [0, 0.05) is 12.7 Å². The number of pyridine rings is 1. The normalized spacial score (nSPS) is 11.9. The standard InChI is InChI=1S/C16H19ClF3N3O/c1-3-4-5-6-7-21-15(24)13-10(2)22-14-12(17)8-11(9-23(13)14)16(18,19)20/h8-9H,3-7H2,1-2H3,(H,21,24). The largest absolute Gasteiger partial charge is 0.417 e. The zero-order chi connectivity index (χ0) is 17.9. The monoisotopic (exact) mass is 361 g/mol. The molecule has 1 N–H and O–H groups in total. The number of hydrogen-bond donors (Lipinski definition) is 1. The second-order valence-electron chi connectivity index (χ2n) is 5.63. The van der Waals surface area contributed by atoms with Crippen molar-refractivity contribution in [2.75, 3.05) is 6.54 Å². The number of nitrogens with zero attached hydrogens (tertiary/aromatic N) is 2. The van der Waals surface area contributed by atoms with Gasteiger partial charge >= 0.3 is 6.18 Å². The molecule has 0 fully saturated rings. The molecule has 0 atom stereocenters. The minimum Gasteiger partial charge on any atom is -0.351 e. The van der Waals surface area contributed by atoms with Crippen LogP contribution < -0.4 is 5.32 Å². The minimum absolute atomic E-state index is 0.0773. The van der Waals surface area contributed by atoms with E-state index in [0.717, 1.165) is 42.3 Å². The highest BCUT2D eigenvalue weighted by Crippen LogP contribution is 2.33. The van der Waals surface area contributed by atoms with Crippen LogP contribution in [0.15, 0.2) is 12.3 Å². The van der Waals surface area contributed by atoms with E-state index in [0.29, 0.717) is 12.2 Å². The number of aryl methyl sites for hydroxylation is 1. The molecule has 132 valence electrons. The number of amides is 1. The van der Waals surface area contributed by atoms with Crippen molar-refractivity contribution in [3.05, 3.63) is 34.2 Å². The van der Waals surface area contributed by atoms with Gasteiger partial charge in [-0.05, 0) is 19.4 Å². The summed E-state index contributed by atoms with van der Waals surface area (Å²) in [6.45, 7) is 4.13. The van der Waals surface area contributed by atoms with Crippen molar-refractivity contribution in [3.8, 4) is 0 Å². The van der Waals surface area contributed by atoms with Gasteiger partial charge in [-0.1, -0.05) is 37.8 Å². The van der Waals surface area contributed by atoms with E-state index in [4.69, 9.17) is 11.6 Å². The molecule has 2 aromatic rings. The van der Waals surface area contributed by atoms with Gasteiger partial charge in [0.25, 0.3) is 5.91 Å². The molecule has 1 amide bonds. The maximum atomic E-state index is 13.0. The summed E-state index contributed by atoms with van der Waals surface area (Å²) >= 11 is 5.90. The smallest absolute Gasteiger partial charge is 0.351 e. The van der Waals surface area contributed by atoms with E-state index in [2.05, 4.69) is 17.2 Å². The Morgan fingerprint density at radius 1 is 1.33 bits per heavy atom. The van der Waals surface area contributed by atoms with Gasteiger partial charge in [-0.3, -0.25) is 9.20 Å². The van der Waals surface area contributed by atoms with Gasteiger partial charge in [-0.2, -0.15) is 13.2 Å². The average Bonchev–Trinajstić information content (AvgIpc) is 2.83. The molecule has 0 aliphatic carbocycles. The average molecular weight is 362 g/mol. The van der Waals surface area contributed by atoms with Gasteiger partial charge in [0.05, 0.1) is 16.3 Å². The number of aromatic nitrogens is 2. The van der Waals surface area contributed by atoms with Gasteiger partial charge in [0.2, 0.25) is 0 Å². The van der Waals surface area contributed by atoms with Crippen molar-refractivity contribution in [2.24, 2.45) is 0 Å². The second kappa shape index (κ2) is 7.42. The number of carbonyl (C=O) groups excluding carboxylic acids is 1. The molecule has 2 rings (SSSR count). The number of rotatable bonds is 6. The van der Waals surface area contributed by atoms with Crippen LogP contribution in [0.25, 0.3) is 5.65 Å². The summed E-state index contributed by atoms with van der Waals surface area (Å²) in [7, 11) is 0.